The van der Waals surface area contributed by atoms with Gasteiger partial charge in [0.1, 0.15) is 6.07 Å². The summed E-state index contributed by atoms with van der Waals surface area (Å²) in [6.07, 6.45) is 0. The third-order valence-corrected chi connectivity index (χ3v) is 1.93. The zero-order valence-corrected chi connectivity index (χ0v) is 7.79. The van der Waals surface area contributed by atoms with Gasteiger partial charge < -0.3 is 5.43 Å². The fourth-order valence-electron chi connectivity index (χ4n) is 0.735. The van der Waals surface area contributed by atoms with Gasteiger partial charge in [-0.2, -0.15) is 5.26 Å². The summed E-state index contributed by atoms with van der Waals surface area (Å²) in [6, 6.07) is 7.48. The monoisotopic (exact) mass is 259 g/mol. The number of hydrogen-bond donors (Lipinski definition) is 2. The molecule has 0 aliphatic rings. The summed E-state index contributed by atoms with van der Waals surface area (Å²) in [6.45, 7) is 0. The third-order valence-electron chi connectivity index (χ3n) is 1.26. The number of hydrazine groups is 1. The first-order valence-corrected chi connectivity index (χ1v) is 4.02. The van der Waals surface area contributed by atoms with Crippen LogP contribution in [0.15, 0.2) is 18.2 Å². The predicted octanol–water partition coefficient (Wildman–Crippen LogP) is 1.45. The smallest absolute Gasteiger partial charge is 0.101 e. The van der Waals surface area contributed by atoms with Crippen molar-refractivity contribution in [1.29, 1.82) is 5.26 Å². The van der Waals surface area contributed by atoms with E-state index in [9.17, 15) is 0 Å². The maximum absolute atomic E-state index is 8.63. The number of nitriles is 1. The van der Waals surface area contributed by atoms with Gasteiger partial charge in [-0.25, -0.2) is 0 Å². The van der Waals surface area contributed by atoms with Crippen LogP contribution >= 0.6 is 22.6 Å². The van der Waals surface area contributed by atoms with Gasteiger partial charge in [0.15, 0.2) is 0 Å². The normalized spacial score (nSPS) is 8.82. The molecule has 0 aromatic heterocycles. The van der Waals surface area contributed by atoms with Crippen LogP contribution in [0.4, 0.5) is 5.69 Å². The molecule has 0 aliphatic carbocycles. The minimum Gasteiger partial charge on any atom is -0.323 e. The molecule has 1 aromatic rings. The lowest BCUT2D eigenvalue weighted by Gasteiger charge is -2.01. The van der Waals surface area contributed by atoms with Crippen molar-refractivity contribution in [2.24, 2.45) is 5.84 Å². The van der Waals surface area contributed by atoms with E-state index in [-0.39, 0.29) is 0 Å². The van der Waals surface area contributed by atoms with Gasteiger partial charge in [0, 0.05) is 3.57 Å². The zero-order valence-electron chi connectivity index (χ0n) is 5.63. The highest BCUT2D eigenvalue weighted by Crippen LogP contribution is 2.16. The Bertz CT molecular complexity index is 303. The molecule has 3 nitrogen and oxygen atoms in total. The Kier molecular flexibility index (Phi) is 2.68. The number of anilines is 1. The molecule has 4 heteroatoms. The van der Waals surface area contributed by atoms with Crippen molar-refractivity contribution in [3.8, 4) is 6.07 Å². The second kappa shape index (κ2) is 3.55. The molecule has 0 unspecified atom stereocenters. The van der Waals surface area contributed by atoms with E-state index in [2.05, 4.69) is 28.0 Å². The molecule has 0 heterocycles. The molecule has 0 amide bonds. The molecule has 11 heavy (non-hydrogen) atoms. The predicted molar refractivity (Wildman–Crippen MR) is 51.7 cm³/mol. The summed E-state index contributed by atoms with van der Waals surface area (Å²) in [5.41, 5.74) is 3.68. The van der Waals surface area contributed by atoms with E-state index in [0.29, 0.717) is 11.3 Å². The number of benzene rings is 1. The van der Waals surface area contributed by atoms with Gasteiger partial charge in [0.2, 0.25) is 0 Å². The van der Waals surface area contributed by atoms with Gasteiger partial charge in [-0.1, -0.05) is 0 Å². The maximum Gasteiger partial charge on any atom is 0.101 e. The molecule has 0 saturated heterocycles. The number of nitrogen functional groups attached to an aromatic ring is 1. The van der Waals surface area contributed by atoms with Crippen molar-refractivity contribution >= 4 is 28.3 Å². The minimum atomic E-state index is 0.569. The van der Waals surface area contributed by atoms with Crippen molar-refractivity contribution in [2.75, 3.05) is 5.43 Å². The van der Waals surface area contributed by atoms with Crippen LogP contribution in [0.5, 0.6) is 0 Å². The summed E-state index contributed by atoms with van der Waals surface area (Å²) in [5.74, 6) is 5.17. The molecule has 0 fully saturated rings. The van der Waals surface area contributed by atoms with Crippen LogP contribution < -0.4 is 11.3 Å². The summed E-state index contributed by atoms with van der Waals surface area (Å²) < 4.78 is 1.03. The third kappa shape index (κ3) is 1.82. The number of nitrogens with one attached hydrogen (secondary N) is 1. The van der Waals surface area contributed by atoms with Gasteiger partial charge in [0.25, 0.3) is 0 Å². The summed E-state index contributed by atoms with van der Waals surface area (Å²) in [5, 5.41) is 8.63. The highest BCUT2D eigenvalue weighted by atomic mass is 127. The first-order valence-electron chi connectivity index (χ1n) is 2.94. The minimum absolute atomic E-state index is 0.569. The molecule has 0 bridgehead atoms. The molecule has 0 aliphatic heterocycles. The van der Waals surface area contributed by atoms with Crippen molar-refractivity contribution in [3.63, 3.8) is 0 Å². The summed E-state index contributed by atoms with van der Waals surface area (Å²) >= 11 is 2.14. The van der Waals surface area contributed by atoms with Crippen LogP contribution in [0, 0.1) is 14.9 Å². The van der Waals surface area contributed by atoms with Crippen LogP contribution in [0.1, 0.15) is 5.56 Å². The van der Waals surface area contributed by atoms with Crippen LogP contribution in [0.25, 0.3) is 0 Å². The Hall–Kier alpha value is -0.800. The standard InChI is InChI=1S/C7H6IN3/c8-6-1-2-7(11-10)5(3-6)4-9/h1-3,11H,10H2. The number of rotatable bonds is 1. The van der Waals surface area contributed by atoms with Gasteiger partial charge in [-0.15, -0.1) is 0 Å². The van der Waals surface area contributed by atoms with Crippen LogP contribution in [-0.2, 0) is 0 Å². The lowest BCUT2D eigenvalue weighted by atomic mass is 10.2. The Balaban J connectivity index is 3.19. The fraction of sp³-hybridized carbons (Fsp3) is 0. The largest absolute Gasteiger partial charge is 0.323 e. The number of nitrogens with two attached hydrogens (primary N) is 1. The Morgan fingerprint density at radius 3 is 2.82 bits per heavy atom. The molecule has 1 rings (SSSR count). The summed E-state index contributed by atoms with van der Waals surface area (Å²) in [7, 11) is 0. The van der Waals surface area contributed by atoms with Crippen LogP contribution in [0.3, 0.4) is 0 Å². The first kappa shape index (κ1) is 8.30. The number of nitrogens with zero attached hydrogens (tertiary/aromatic N) is 1. The lowest BCUT2D eigenvalue weighted by molar-refractivity contribution is 1.33. The fourth-order valence-corrected chi connectivity index (χ4v) is 1.23. The average Bonchev–Trinajstić information content (AvgIpc) is 2.04. The topological polar surface area (TPSA) is 61.8 Å². The van der Waals surface area contributed by atoms with Gasteiger partial charge >= 0.3 is 0 Å². The number of hydrogen-bond acceptors (Lipinski definition) is 3. The molecule has 0 saturated carbocycles. The molecule has 1 aromatic carbocycles. The highest BCUT2D eigenvalue weighted by Gasteiger charge is 1.98. The Labute approximate surface area is 78.3 Å². The van der Waals surface area contributed by atoms with E-state index in [1.807, 2.05) is 12.1 Å². The average molecular weight is 259 g/mol. The van der Waals surface area contributed by atoms with E-state index in [1.165, 1.54) is 0 Å². The van der Waals surface area contributed by atoms with E-state index in [4.69, 9.17) is 11.1 Å². The number of halogens is 1. The van der Waals surface area contributed by atoms with Crippen molar-refractivity contribution < 1.29 is 0 Å². The van der Waals surface area contributed by atoms with Gasteiger partial charge in [-0.3, -0.25) is 5.84 Å². The first-order chi connectivity index (χ1) is 5.27. The quantitative estimate of drug-likeness (QED) is 0.456. The Morgan fingerprint density at radius 1 is 1.55 bits per heavy atom. The van der Waals surface area contributed by atoms with Crippen molar-refractivity contribution in [3.05, 3.63) is 27.3 Å². The second-order valence-electron chi connectivity index (χ2n) is 1.95. The van der Waals surface area contributed by atoms with Gasteiger partial charge in [0.05, 0.1) is 11.3 Å². The van der Waals surface area contributed by atoms with Crippen molar-refractivity contribution in [2.45, 2.75) is 0 Å². The van der Waals surface area contributed by atoms with E-state index in [1.54, 1.807) is 12.1 Å². The highest BCUT2D eigenvalue weighted by molar-refractivity contribution is 14.1. The maximum atomic E-state index is 8.63. The Morgan fingerprint density at radius 2 is 2.27 bits per heavy atom. The molecular formula is C7H6IN3. The lowest BCUT2D eigenvalue weighted by Crippen LogP contribution is -2.08. The van der Waals surface area contributed by atoms with Gasteiger partial charge in [-0.05, 0) is 40.8 Å². The molecule has 3 N–H and O–H groups in total. The van der Waals surface area contributed by atoms with E-state index >= 15 is 0 Å². The molecule has 0 spiro atoms. The van der Waals surface area contributed by atoms with Crippen molar-refractivity contribution in [1.82, 2.24) is 0 Å². The van der Waals surface area contributed by atoms with E-state index in [0.717, 1.165) is 3.57 Å². The van der Waals surface area contributed by atoms with Crippen LogP contribution in [0.2, 0.25) is 0 Å². The molecule has 0 atom stereocenters. The summed E-state index contributed by atoms with van der Waals surface area (Å²) in [4.78, 5) is 0. The molecular weight excluding hydrogens is 253 g/mol. The molecule has 56 valence electrons. The zero-order chi connectivity index (χ0) is 8.27. The van der Waals surface area contributed by atoms with Crippen LogP contribution in [-0.4, -0.2) is 0 Å². The second-order valence-corrected chi connectivity index (χ2v) is 3.19. The van der Waals surface area contributed by atoms with E-state index < -0.39 is 0 Å². The SMILES string of the molecule is N#Cc1cc(I)ccc1NN. The molecule has 0 radical (unpaired) electrons.